The van der Waals surface area contributed by atoms with Crippen LogP contribution in [0.2, 0.25) is 0 Å². The smallest absolute Gasteiger partial charge is 0.0890 e. The molecule has 0 saturated carbocycles. The molecule has 0 radical (unpaired) electrons. The van der Waals surface area contributed by atoms with Gasteiger partial charge in [0.2, 0.25) is 0 Å². The molecule has 2 rings (SSSR count). The summed E-state index contributed by atoms with van der Waals surface area (Å²) in [7, 11) is 0. The van der Waals surface area contributed by atoms with E-state index < -0.39 is 0 Å². The molecule has 0 saturated heterocycles. The van der Waals surface area contributed by atoms with Crippen LogP contribution in [0.4, 0.5) is 0 Å². The monoisotopic (exact) mass is 214 g/mol. The topological polar surface area (TPSA) is 63.8 Å². The molecule has 0 amide bonds. The van der Waals surface area contributed by atoms with Crippen molar-refractivity contribution in [1.29, 1.82) is 0 Å². The molecular formula is C12H14N4. The Morgan fingerprint density at radius 1 is 1.31 bits per heavy atom. The summed E-state index contributed by atoms with van der Waals surface area (Å²) >= 11 is 0. The van der Waals surface area contributed by atoms with Crippen LogP contribution in [0.3, 0.4) is 0 Å². The van der Waals surface area contributed by atoms with E-state index in [0.29, 0.717) is 0 Å². The number of fused-ring (bicyclic) bond motifs is 1. The van der Waals surface area contributed by atoms with Gasteiger partial charge in [-0.3, -0.25) is 15.8 Å². The zero-order valence-corrected chi connectivity index (χ0v) is 9.14. The van der Waals surface area contributed by atoms with Crippen LogP contribution in [0, 0.1) is 0 Å². The number of benzene rings is 1. The zero-order valence-electron chi connectivity index (χ0n) is 9.14. The number of rotatable bonds is 3. The minimum absolute atomic E-state index is 0.0496. The molecule has 0 fully saturated rings. The Bertz CT molecular complexity index is 521. The first-order valence-corrected chi connectivity index (χ1v) is 5.04. The van der Waals surface area contributed by atoms with Crippen molar-refractivity contribution in [2.45, 2.75) is 13.0 Å². The quantitative estimate of drug-likeness (QED) is 0.464. The molecule has 0 bridgehead atoms. The highest BCUT2D eigenvalue weighted by atomic mass is 15.2. The van der Waals surface area contributed by atoms with E-state index in [-0.39, 0.29) is 6.04 Å². The van der Waals surface area contributed by atoms with Gasteiger partial charge >= 0.3 is 0 Å². The predicted molar refractivity (Wildman–Crippen MR) is 64.4 cm³/mol. The van der Waals surface area contributed by atoms with Crippen LogP contribution in [0.15, 0.2) is 42.7 Å². The van der Waals surface area contributed by atoms with E-state index >= 15 is 0 Å². The van der Waals surface area contributed by atoms with E-state index in [4.69, 9.17) is 5.84 Å². The molecule has 16 heavy (non-hydrogen) atoms. The summed E-state index contributed by atoms with van der Waals surface area (Å²) in [6, 6.07) is 5.84. The van der Waals surface area contributed by atoms with E-state index in [1.54, 1.807) is 12.4 Å². The van der Waals surface area contributed by atoms with E-state index in [0.717, 1.165) is 22.2 Å². The molecule has 0 aliphatic carbocycles. The van der Waals surface area contributed by atoms with Gasteiger partial charge in [-0.05, 0) is 24.6 Å². The highest BCUT2D eigenvalue weighted by molar-refractivity contribution is 5.74. The Morgan fingerprint density at radius 3 is 2.62 bits per heavy atom. The van der Waals surface area contributed by atoms with Gasteiger partial charge < -0.3 is 0 Å². The maximum Gasteiger partial charge on any atom is 0.0890 e. The molecule has 1 aromatic carbocycles. The van der Waals surface area contributed by atoms with Crippen molar-refractivity contribution in [3.8, 4) is 0 Å². The molecule has 2 aromatic rings. The molecular weight excluding hydrogens is 200 g/mol. The first kappa shape index (κ1) is 10.7. The molecule has 4 nitrogen and oxygen atoms in total. The number of hydrogen-bond donors (Lipinski definition) is 2. The third-order valence-corrected chi connectivity index (χ3v) is 2.49. The molecule has 1 aromatic heterocycles. The molecule has 82 valence electrons. The second kappa shape index (κ2) is 4.38. The highest BCUT2D eigenvalue weighted by Gasteiger charge is 2.10. The van der Waals surface area contributed by atoms with E-state index in [1.807, 2.05) is 25.1 Å². The van der Waals surface area contributed by atoms with Crippen molar-refractivity contribution in [3.05, 3.63) is 48.3 Å². The molecule has 1 unspecified atom stereocenters. The Balaban J connectivity index is 2.49. The average Bonchev–Trinajstić information content (AvgIpc) is 2.29. The van der Waals surface area contributed by atoms with Gasteiger partial charge in [-0.25, -0.2) is 5.43 Å². The summed E-state index contributed by atoms with van der Waals surface area (Å²) in [5.41, 5.74) is 6.48. The van der Waals surface area contributed by atoms with Crippen LogP contribution < -0.4 is 11.3 Å². The highest BCUT2D eigenvalue weighted by Crippen LogP contribution is 2.21. The second-order valence-corrected chi connectivity index (χ2v) is 3.75. The predicted octanol–water partition coefficient (Wildman–Crippen LogP) is 1.71. The molecule has 1 heterocycles. The fourth-order valence-electron chi connectivity index (χ4n) is 1.68. The van der Waals surface area contributed by atoms with Crippen molar-refractivity contribution in [2.24, 2.45) is 5.84 Å². The number of nitrogens with zero attached hydrogens (tertiary/aromatic N) is 2. The van der Waals surface area contributed by atoms with Crippen molar-refractivity contribution in [3.63, 3.8) is 0 Å². The lowest BCUT2D eigenvalue weighted by Crippen LogP contribution is -2.28. The lowest BCUT2D eigenvalue weighted by atomic mass is 10.0. The van der Waals surface area contributed by atoms with Gasteiger partial charge in [-0.15, -0.1) is 0 Å². The van der Waals surface area contributed by atoms with Gasteiger partial charge in [-0.2, -0.15) is 0 Å². The zero-order chi connectivity index (χ0) is 11.5. The summed E-state index contributed by atoms with van der Waals surface area (Å²) < 4.78 is 0. The molecule has 0 aliphatic heterocycles. The summed E-state index contributed by atoms with van der Waals surface area (Å²) in [5, 5.41) is 0. The van der Waals surface area contributed by atoms with Crippen LogP contribution in [0.1, 0.15) is 18.5 Å². The minimum atomic E-state index is -0.0496. The first-order valence-electron chi connectivity index (χ1n) is 5.04. The number of hydrogen-bond acceptors (Lipinski definition) is 4. The second-order valence-electron chi connectivity index (χ2n) is 3.75. The standard InChI is InChI=1S/C12H14N4/c1-8(2)12(16-13)9-3-4-10-11(7-9)15-6-5-14-10/h3-7,12,16H,1,13H2,2H3. The average molecular weight is 214 g/mol. The molecule has 0 aliphatic rings. The van der Waals surface area contributed by atoms with E-state index in [1.165, 1.54) is 0 Å². The van der Waals surface area contributed by atoms with Gasteiger partial charge in [-0.1, -0.05) is 18.2 Å². The largest absolute Gasteiger partial charge is 0.271 e. The maximum atomic E-state index is 5.50. The minimum Gasteiger partial charge on any atom is -0.271 e. The fourth-order valence-corrected chi connectivity index (χ4v) is 1.68. The molecule has 3 N–H and O–H groups in total. The molecule has 1 atom stereocenters. The van der Waals surface area contributed by atoms with Crippen LogP contribution in [0.5, 0.6) is 0 Å². The maximum absolute atomic E-state index is 5.50. The van der Waals surface area contributed by atoms with Gasteiger partial charge in [0, 0.05) is 12.4 Å². The van der Waals surface area contributed by atoms with Crippen LogP contribution >= 0.6 is 0 Å². The summed E-state index contributed by atoms with van der Waals surface area (Å²) in [6.07, 6.45) is 3.36. The Labute approximate surface area is 94.2 Å². The van der Waals surface area contributed by atoms with Crippen molar-refractivity contribution in [1.82, 2.24) is 15.4 Å². The van der Waals surface area contributed by atoms with Gasteiger partial charge in [0.25, 0.3) is 0 Å². The van der Waals surface area contributed by atoms with Crippen LogP contribution in [0.25, 0.3) is 11.0 Å². The third kappa shape index (κ3) is 1.93. The van der Waals surface area contributed by atoms with E-state index in [2.05, 4.69) is 22.0 Å². The number of hydrazine groups is 1. The number of aromatic nitrogens is 2. The Morgan fingerprint density at radius 2 is 2.00 bits per heavy atom. The van der Waals surface area contributed by atoms with Gasteiger partial charge in [0.1, 0.15) is 0 Å². The van der Waals surface area contributed by atoms with Crippen LogP contribution in [-0.2, 0) is 0 Å². The van der Waals surface area contributed by atoms with E-state index in [9.17, 15) is 0 Å². The number of nitrogens with one attached hydrogen (secondary N) is 1. The lowest BCUT2D eigenvalue weighted by molar-refractivity contribution is 0.627. The SMILES string of the molecule is C=C(C)C(NN)c1ccc2nccnc2c1. The summed E-state index contributed by atoms with van der Waals surface area (Å²) in [4.78, 5) is 8.47. The van der Waals surface area contributed by atoms with Crippen LogP contribution in [-0.4, -0.2) is 9.97 Å². The van der Waals surface area contributed by atoms with Gasteiger partial charge in [0.05, 0.1) is 17.1 Å². The molecule has 0 spiro atoms. The Kier molecular flexibility index (Phi) is 2.94. The number of nitrogens with two attached hydrogens (primary N) is 1. The normalized spacial score (nSPS) is 12.6. The Hall–Kier alpha value is -1.78. The van der Waals surface area contributed by atoms with Crippen molar-refractivity contribution >= 4 is 11.0 Å². The van der Waals surface area contributed by atoms with Gasteiger partial charge in [0.15, 0.2) is 0 Å². The third-order valence-electron chi connectivity index (χ3n) is 2.49. The first-order chi connectivity index (χ1) is 7.72. The summed E-state index contributed by atoms with van der Waals surface area (Å²) in [6.45, 7) is 5.84. The van der Waals surface area contributed by atoms with Crippen molar-refractivity contribution in [2.75, 3.05) is 0 Å². The lowest BCUT2D eigenvalue weighted by Gasteiger charge is -2.16. The molecule has 4 heteroatoms. The van der Waals surface area contributed by atoms with Crippen molar-refractivity contribution < 1.29 is 0 Å². The fraction of sp³-hybridized carbons (Fsp3) is 0.167. The summed E-state index contributed by atoms with van der Waals surface area (Å²) in [5.74, 6) is 5.50.